The molecule has 0 fully saturated rings. The normalized spacial score (nSPS) is 11.7. The first-order valence-corrected chi connectivity index (χ1v) is 9.38. The van der Waals surface area contributed by atoms with Gasteiger partial charge in [0.1, 0.15) is 0 Å². The van der Waals surface area contributed by atoms with E-state index in [9.17, 15) is 13.2 Å². The topological polar surface area (TPSA) is 78.5 Å². The molecule has 1 aromatic rings. The van der Waals surface area contributed by atoms with E-state index in [1.807, 2.05) is 21.0 Å². The van der Waals surface area contributed by atoms with Gasteiger partial charge in [0, 0.05) is 18.7 Å². The highest BCUT2D eigenvalue weighted by Crippen LogP contribution is 2.10. The Morgan fingerprint density at radius 2 is 1.74 bits per heavy atom. The van der Waals surface area contributed by atoms with Crippen molar-refractivity contribution in [1.82, 2.24) is 14.9 Å². The zero-order valence-electron chi connectivity index (χ0n) is 14.1. The molecule has 6 nitrogen and oxygen atoms in total. The van der Waals surface area contributed by atoms with Crippen LogP contribution in [0.2, 0.25) is 0 Å². The molecular formula is C16H27N3O3S. The number of nitrogens with zero attached hydrogens (tertiary/aromatic N) is 1. The summed E-state index contributed by atoms with van der Waals surface area (Å²) in [6, 6.07) is 6.00. The number of amides is 1. The lowest BCUT2D eigenvalue weighted by atomic mass is 10.2. The van der Waals surface area contributed by atoms with E-state index in [0.717, 1.165) is 25.8 Å². The van der Waals surface area contributed by atoms with Gasteiger partial charge in [0.05, 0.1) is 4.90 Å². The van der Waals surface area contributed by atoms with Crippen molar-refractivity contribution in [3.05, 3.63) is 29.8 Å². The van der Waals surface area contributed by atoms with Crippen LogP contribution in [0.25, 0.3) is 0 Å². The molecule has 1 amide bonds. The minimum Gasteiger partial charge on any atom is -0.352 e. The average molecular weight is 341 g/mol. The summed E-state index contributed by atoms with van der Waals surface area (Å²) in [6.45, 7) is 3.92. The third-order valence-electron chi connectivity index (χ3n) is 3.32. The van der Waals surface area contributed by atoms with Crippen LogP contribution >= 0.6 is 0 Å². The van der Waals surface area contributed by atoms with Crippen LogP contribution in [0.15, 0.2) is 29.2 Å². The largest absolute Gasteiger partial charge is 0.352 e. The minimum atomic E-state index is -3.49. The molecule has 0 bridgehead atoms. The third-order valence-corrected chi connectivity index (χ3v) is 4.79. The smallest absolute Gasteiger partial charge is 0.251 e. The van der Waals surface area contributed by atoms with Crippen LogP contribution in [0.4, 0.5) is 0 Å². The maximum atomic E-state index is 12.0. The van der Waals surface area contributed by atoms with E-state index in [1.54, 1.807) is 0 Å². The molecule has 0 heterocycles. The molecule has 1 aromatic carbocycles. The molecule has 0 saturated carbocycles. The van der Waals surface area contributed by atoms with E-state index >= 15 is 0 Å². The van der Waals surface area contributed by atoms with Crippen molar-refractivity contribution in [3.8, 4) is 0 Å². The molecule has 0 unspecified atom stereocenters. The van der Waals surface area contributed by atoms with E-state index in [2.05, 4.69) is 14.9 Å². The molecule has 0 saturated heterocycles. The van der Waals surface area contributed by atoms with Crippen molar-refractivity contribution in [3.63, 3.8) is 0 Å². The Morgan fingerprint density at radius 1 is 1.09 bits per heavy atom. The summed E-state index contributed by atoms with van der Waals surface area (Å²) < 4.78 is 26.6. The second-order valence-corrected chi connectivity index (χ2v) is 7.46. The Kier molecular flexibility index (Phi) is 8.22. The van der Waals surface area contributed by atoms with E-state index in [0.29, 0.717) is 18.7 Å². The van der Waals surface area contributed by atoms with Crippen molar-refractivity contribution >= 4 is 15.9 Å². The van der Waals surface area contributed by atoms with Crippen molar-refractivity contribution in [2.75, 3.05) is 33.7 Å². The standard InChI is InChI=1S/C16H27N3O3S/c1-4-5-12-18-23(21,22)15-9-7-14(8-10-15)16(20)17-11-6-13-19(2)3/h7-10,18H,4-6,11-13H2,1-3H3,(H,17,20). The summed E-state index contributed by atoms with van der Waals surface area (Å²) in [6.07, 6.45) is 2.59. The molecule has 0 aliphatic carbocycles. The van der Waals surface area contributed by atoms with Crippen molar-refractivity contribution in [1.29, 1.82) is 0 Å². The summed E-state index contributed by atoms with van der Waals surface area (Å²) in [4.78, 5) is 14.2. The van der Waals surface area contributed by atoms with Crippen LogP contribution in [0, 0.1) is 0 Å². The molecule has 0 atom stereocenters. The Bertz CT molecular complexity index is 583. The van der Waals surface area contributed by atoms with Gasteiger partial charge in [-0.1, -0.05) is 13.3 Å². The monoisotopic (exact) mass is 341 g/mol. The second-order valence-electron chi connectivity index (χ2n) is 5.69. The highest BCUT2D eigenvalue weighted by atomic mass is 32.2. The van der Waals surface area contributed by atoms with Gasteiger partial charge in [-0.2, -0.15) is 0 Å². The lowest BCUT2D eigenvalue weighted by Crippen LogP contribution is -2.27. The van der Waals surface area contributed by atoms with Gasteiger partial charge < -0.3 is 10.2 Å². The van der Waals surface area contributed by atoms with Crippen LogP contribution in [-0.2, 0) is 10.0 Å². The zero-order valence-corrected chi connectivity index (χ0v) is 14.9. The van der Waals surface area contributed by atoms with Crippen molar-refractivity contribution < 1.29 is 13.2 Å². The molecule has 0 radical (unpaired) electrons. The highest BCUT2D eigenvalue weighted by Gasteiger charge is 2.14. The summed E-state index contributed by atoms with van der Waals surface area (Å²) in [5.41, 5.74) is 0.461. The van der Waals surface area contributed by atoms with Gasteiger partial charge in [-0.05, 0) is 57.7 Å². The van der Waals surface area contributed by atoms with Gasteiger partial charge in [-0.15, -0.1) is 0 Å². The second kappa shape index (κ2) is 9.64. The number of nitrogens with one attached hydrogen (secondary N) is 2. The van der Waals surface area contributed by atoms with Gasteiger partial charge in [-0.3, -0.25) is 4.79 Å². The molecule has 2 N–H and O–H groups in total. The van der Waals surface area contributed by atoms with Gasteiger partial charge in [0.25, 0.3) is 5.91 Å². The fourth-order valence-corrected chi connectivity index (χ4v) is 3.03. The molecule has 130 valence electrons. The molecule has 23 heavy (non-hydrogen) atoms. The van der Waals surface area contributed by atoms with Gasteiger partial charge in [-0.25, -0.2) is 13.1 Å². The Balaban J connectivity index is 2.56. The molecule has 0 aromatic heterocycles. The van der Waals surface area contributed by atoms with Crippen molar-refractivity contribution in [2.24, 2.45) is 0 Å². The molecule has 1 rings (SSSR count). The number of hydrogen-bond acceptors (Lipinski definition) is 4. The molecule has 0 aliphatic rings. The number of unbranched alkanes of at least 4 members (excludes halogenated alkanes) is 1. The third kappa shape index (κ3) is 7.11. The number of carbonyl (C=O) groups excluding carboxylic acids is 1. The quantitative estimate of drug-likeness (QED) is 0.631. The Hall–Kier alpha value is -1.44. The summed E-state index contributed by atoms with van der Waals surface area (Å²) in [5, 5.41) is 2.82. The van der Waals surface area contributed by atoms with Gasteiger partial charge in [0.15, 0.2) is 0 Å². The van der Waals surface area contributed by atoms with Gasteiger partial charge in [0.2, 0.25) is 10.0 Å². The van der Waals surface area contributed by atoms with Gasteiger partial charge >= 0.3 is 0 Å². The number of benzene rings is 1. The average Bonchev–Trinajstić information content (AvgIpc) is 2.51. The van der Waals surface area contributed by atoms with E-state index in [4.69, 9.17) is 0 Å². The van der Waals surface area contributed by atoms with E-state index < -0.39 is 10.0 Å². The number of rotatable bonds is 10. The number of sulfonamides is 1. The van der Waals surface area contributed by atoms with Crippen LogP contribution in [0.3, 0.4) is 0 Å². The van der Waals surface area contributed by atoms with Crippen LogP contribution in [-0.4, -0.2) is 53.0 Å². The summed E-state index contributed by atoms with van der Waals surface area (Å²) >= 11 is 0. The number of hydrogen-bond donors (Lipinski definition) is 2. The fourth-order valence-electron chi connectivity index (χ4n) is 1.95. The predicted molar refractivity (Wildman–Crippen MR) is 92.0 cm³/mol. The Morgan fingerprint density at radius 3 is 2.30 bits per heavy atom. The number of carbonyl (C=O) groups is 1. The first-order valence-electron chi connectivity index (χ1n) is 7.89. The maximum absolute atomic E-state index is 12.0. The summed E-state index contributed by atoms with van der Waals surface area (Å²) in [5.74, 6) is -0.188. The van der Waals surface area contributed by atoms with Crippen LogP contribution < -0.4 is 10.0 Å². The lowest BCUT2D eigenvalue weighted by Gasteiger charge is -2.10. The molecule has 0 aliphatic heterocycles. The SMILES string of the molecule is CCCCNS(=O)(=O)c1ccc(C(=O)NCCCN(C)C)cc1. The summed E-state index contributed by atoms with van der Waals surface area (Å²) in [7, 11) is 0.471. The fraction of sp³-hybridized carbons (Fsp3) is 0.562. The van der Waals surface area contributed by atoms with E-state index in [1.165, 1.54) is 24.3 Å². The van der Waals surface area contributed by atoms with Crippen LogP contribution in [0.5, 0.6) is 0 Å². The van der Waals surface area contributed by atoms with E-state index in [-0.39, 0.29) is 10.8 Å². The predicted octanol–water partition coefficient (Wildman–Crippen LogP) is 1.45. The zero-order chi connectivity index (χ0) is 17.3. The minimum absolute atomic E-state index is 0.178. The molecular weight excluding hydrogens is 314 g/mol. The van der Waals surface area contributed by atoms with Crippen molar-refractivity contribution in [2.45, 2.75) is 31.1 Å². The molecule has 7 heteroatoms. The highest BCUT2D eigenvalue weighted by molar-refractivity contribution is 7.89. The first kappa shape index (κ1) is 19.6. The molecule has 0 spiro atoms. The maximum Gasteiger partial charge on any atom is 0.251 e. The Labute approximate surface area is 139 Å². The lowest BCUT2D eigenvalue weighted by molar-refractivity contribution is 0.0952. The van der Waals surface area contributed by atoms with Crippen LogP contribution in [0.1, 0.15) is 36.5 Å². The first-order chi connectivity index (χ1) is 10.9.